The van der Waals surface area contributed by atoms with Crippen LogP contribution >= 0.6 is 0 Å². The van der Waals surface area contributed by atoms with Crippen LogP contribution in [0.1, 0.15) is 16.7 Å². The quantitative estimate of drug-likeness (QED) is 0.534. The number of para-hydroxylation sites is 2. The number of aryl methyl sites for hydroxylation is 3. The summed E-state index contributed by atoms with van der Waals surface area (Å²) in [5.41, 5.74) is 5.72. The number of aromatic nitrogens is 1. The summed E-state index contributed by atoms with van der Waals surface area (Å²) in [4.78, 5) is 0. The van der Waals surface area contributed by atoms with Crippen molar-refractivity contribution in [2.75, 3.05) is 6.61 Å². The highest BCUT2D eigenvalue weighted by Crippen LogP contribution is 2.29. The third-order valence-electron chi connectivity index (χ3n) is 5.10. The third-order valence-corrected chi connectivity index (χ3v) is 5.10. The summed E-state index contributed by atoms with van der Waals surface area (Å²) < 4.78 is 8.18. The normalized spacial score (nSPS) is 12.6. The number of hydrogen-bond donors (Lipinski definition) is 1. The Hall–Kier alpha value is -2.78. The standard InChI is InChI=1S/C24H25NO2/c1-16-12-17(2)24(18(3)13-16)27-15-19(26)14-25-22-10-6-4-8-20(22)21-9-5-7-11-23(21)25/h4-13,19,26H,14-15H2,1-3H3/t19-/m0/s1. The molecule has 3 nitrogen and oxygen atoms in total. The van der Waals surface area contributed by atoms with E-state index in [9.17, 15) is 5.11 Å². The van der Waals surface area contributed by atoms with Crippen molar-refractivity contribution in [1.82, 2.24) is 4.57 Å². The fraction of sp³-hybridized carbons (Fsp3) is 0.250. The summed E-state index contributed by atoms with van der Waals surface area (Å²) in [7, 11) is 0. The minimum absolute atomic E-state index is 0.269. The van der Waals surface area contributed by atoms with Crippen LogP contribution in [-0.4, -0.2) is 22.4 Å². The zero-order chi connectivity index (χ0) is 19.0. The van der Waals surface area contributed by atoms with Crippen molar-refractivity contribution in [3.05, 3.63) is 77.4 Å². The first kappa shape index (κ1) is 17.6. The molecule has 1 atom stereocenters. The fourth-order valence-corrected chi connectivity index (χ4v) is 4.04. The topological polar surface area (TPSA) is 34.4 Å². The van der Waals surface area contributed by atoms with Gasteiger partial charge in [0.1, 0.15) is 18.5 Å². The molecule has 0 aliphatic heterocycles. The molecule has 3 heteroatoms. The zero-order valence-corrected chi connectivity index (χ0v) is 16.1. The molecule has 4 aromatic rings. The van der Waals surface area contributed by atoms with Gasteiger partial charge in [-0.15, -0.1) is 0 Å². The molecule has 0 bridgehead atoms. The van der Waals surface area contributed by atoms with E-state index in [1.165, 1.54) is 16.3 Å². The third kappa shape index (κ3) is 3.31. The molecule has 0 saturated carbocycles. The van der Waals surface area contributed by atoms with Crippen molar-refractivity contribution >= 4 is 21.8 Å². The summed E-state index contributed by atoms with van der Waals surface area (Å²) in [6.45, 7) is 6.95. The Morgan fingerprint density at radius 2 is 1.37 bits per heavy atom. The molecule has 0 spiro atoms. The molecule has 27 heavy (non-hydrogen) atoms. The van der Waals surface area contributed by atoms with E-state index in [2.05, 4.69) is 73.9 Å². The number of fused-ring (bicyclic) bond motifs is 3. The second-order valence-electron chi connectivity index (χ2n) is 7.34. The van der Waals surface area contributed by atoms with Crippen LogP contribution in [-0.2, 0) is 6.54 Å². The maximum atomic E-state index is 10.7. The Kier molecular flexibility index (Phi) is 4.63. The van der Waals surface area contributed by atoms with Gasteiger partial charge >= 0.3 is 0 Å². The molecule has 0 aliphatic carbocycles. The minimum Gasteiger partial charge on any atom is -0.490 e. The van der Waals surface area contributed by atoms with Crippen LogP contribution < -0.4 is 4.74 Å². The van der Waals surface area contributed by atoms with Crippen molar-refractivity contribution in [2.24, 2.45) is 0 Å². The molecule has 0 amide bonds. The second kappa shape index (κ2) is 7.09. The molecule has 0 radical (unpaired) electrons. The van der Waals surface area contributed by atoms with Crippen LogP contribution in [0.5, 0.6) is 5.75 Å². The molecule has 138 valence electrons. The molecule has 1 aromatic heterocycles. The van der Waals surface area contributed by atoms with Crippen molar-refractivity contribution in [3.8, 4) is 5.75 Å². The molecule has 1 heterocycles. The van der Waals surface area contributed by atoms with Gasteiger partial charge in [0, 0.05) is 21.8 Å². The smallest absolute Gasteiger partial charge is 0.125 e. The first-order valence-electron chi connectivity index (χ1n) is 9.39. The van der Waals surface area contributed by atoms with Gasteiger partial charge in [0.2, 0.25) is 0 Å². The van der Waals surface area contributed by atoms with E-state index in [1.54, 1.807) is 0 Å². The van der Waals surface area contributed by atoms with E-state index in [-0.39, 0.29) is 6.61 Å². The lowest BCUT2D eigenvalue weighted by atomic mass is 10.1. The highest BCUT2D eigenvalue weighted by molar-refractivity contribution is 6.07. The average Bonchev–Trinajstić information content (AvgIpc) is 2.95. The molecule has 4 rings (SSSR count). The highest BCUT2D eigenvalue weighted by Gasteiger charge is 2.15. The molecular formula is C24H25NO2. The van der Waals surface area contributed by atoms with Crippen molar-refractivity contribution in [1.29, 1.82) is 0 Å². The largest absolute Gasteiger partial charge is 0.490 e. The molecule has 0 saturated heterocycles. The van der Waals surface area contributed by atoms with Gasteiger partial charge in [-0.05, 0) is 44.0 Å². The lowest BCUT2D eigenvalue weighted by Crippen LogP contribution is -2.24. The van der Waals surface area contributed by atoms with E-state index in [0.29, 0.717) is 6.54 Å². The van der Waals surface area contributed by atoms with Gasteiger partial charge in [0.05, 0.1) is 6.54 Å². The fourth-order valence-electron chi connectivity index (χ4n) is 4.04. The maximum Gasteiger partial charge on any atom is 0.125 e. The van der Waals surface area contributed by atoms with Crippen LogP contribution in [0.4, 0.5) is 0 Å². The molecule has 3 aromatic carbocycles. The van der Waals surface area contributed by atoms with Crippen LogP contribution in [0, 0.1) is 20.8 Å². The summed E-state index contributed by atoms with van der Waals surface area (Å²) in [6.07, 6.45) is -0.593. The van der Waals surface area contributed by atoms with E-state index in [4.69, 9.17) is 4.74 Å². The molecule has 0 fully saturated rings. The lowest BCUT2D eigenvalue weighted by Gasteiger charge is -2.18. The number of nitrogens with zero attached hydrogens (tertiary/aromatic N) is 1. The van der Waals surface area contributed by atoms with Gasteiger partial charge in [-0.2, -0.15) is 0 Å². The van der Waals surface area contributed by atoms with Crippen molar-refractivity contribution in [2.45, 2.75) is 33.4 Å². The Balaban J connectivity index is 1.59. The van der Waals surface area contributed by atoms with E-state index >= 15 is 0 Å². The predicted molar refractivity (Wildman–Crippen MR) is 112 cm³/mol. The number of benzene rings is 3. The van der Waals surface area contributed by atoms with Crippen LogP contribution in [0.25, 0.3) is 21.8 Å². The number of aliphatic hydroxyl groups is 1. The molecule has 0 unspecified atom stereocenters. The number of rotatable bonds is 5. The highest BCUT2D eigenvalue weighted by atomic mass is 16.5. The Morgan fingerprint density at radius 3 is 1.93 bits per heavy atom. The van der Waals surface area contributed by atoms with Gasteiger partial charge in [0.25, 0.3) is 0 Å². The molecule has 1 N–H and O–H groups in total. The van der Waals surface area contributed by atoms with E-state index in [0.717, 1.165) is 27.9 Å². The number of ether oxygens (including phenoxy) is 1. The average molecular weight is 359 g/mol. The Morgan fingerprint density at radius 1 is 0.852 bits per heavy atom. The van der Waals surface area contributed by atoms with Crippen molar-refractivity contribution < 1.29 is 9.84 Å². The lowest BCUT2D eigenvalue weighted by molar-refractivity contribution is 0.0938. The number of aliphatic hydroxyl groups excluding tert-OH is 1. The Bertz CT molecular complexity index is 1030. The van der Waals surface area contributed by atoms with Crippen LogP contribution in [0.3, 0.4) is 0 Å². The first-order valence-corrected chi connectivity index (χ1v) is 9.39. The van der Waals surface area contributed by atoms with Gasteiger partial charge < -0.3 is 14.4 Å². The van der Waals surface area contributed by atoms with Gasteiger partial charge in [-0.25, -0.2) is 0 Å². The summed E-state index contributed by atoms with van der Waals surface area (Å²) in [5, 5.41) is 13.1. The SMILES string of the molecule is Cc1cc(C)c(OC[C@@H](O)Cn2c3ccccc3c3ccccc32)c(C)c1. The summed E-state index contributed by atoms with van der Waals surface area (Å²) in [6, 6.07) is 20.9. The molecular weight excluding hydrogens is 334 g/mol. The predicted octanol–water partition coefficient (Wildman–Crippen LogP) is 5.16. The van der Waals surface area contributed by atoms with E-state index < -0.39 is 6.10 Å². The van der Waals surface area contributed by atoms with Crippen LogP contribution in [0.2, 0.25) is 0 Å². The minimum atomic E-state index is -0.593. The van der Waals surface area contributed by atoms with Crippen molar-refractivity contribution in [3.63, 3.8) is 0 Å². The molecule has 0 aliphatic rings. The number of hydrogen-bond acceptors (Lipinski definition) is 2. The first-order chi connectivity index (χ1) is 13.0. The zero-order valence-electron chi connectivity index (χ0n) is 16.1. The summed E-state index contributed by atoms with van der Waals surface area (Å²) >= 11 is 0. The van der Waals surface area contributed by atoms with E-state index in [1.807, 2.05) is 12.1 Å². The second-order valence-corrected chi connectivity index (χ2v) is 7.34. The monoisotopic (exact) mass is 359 g/mol. The Labute approximate surface area is 159 Å². The van der Waals surface area contributed by atoms with Crippen LogP contribution in [0.15, 0.2) is 60.7 Å². The van der Waals surface area contributed by atoms with Gasteiger partial charge in [-0.1, -0.05) is 54.1 Å². The maximum absolute atomic E-state index is 10.7. The summed E-state index contributed by atoms with van der Waals surface area (Å²) in [5.74, 6) is 0.877. The van der Waals surface area contributed by atoms with Gasteiger partial charge in [0.15, 0.2) is 0 Å². The van der Waals surface area contributed by atoms with Gasteiger partial charge in [-0.3, -0.25) is 0 Å².